The molecule has 33 heavy (non-hydrogen) atoms. The highest BCUT2D eigenvalue weighted by atomic mass is 16.2. The number of aryl methyl sites for hydroxylation is 3. The lowest BCUT2D eigenvalue weighted by Crippen LogP contribution is -2.46. The van der Waals surface area contributed by atoms with Crippen LogP contribution in [0.1, 0.15) is 49.6 Å². The van der Waals surface area contributed by atoms with E-state index in [1.165, 1.54) is 4.57 Å². The molecular weight excluding hydrogens is 424 g/mol. The normalized spacial score (nSPS) is 20.0. The van der Waals surface area contributed by atoms with Gasteiger partial charge in [0.1, 0.15) is 11.4 Å². The summed E-state index contributed by atoms with van der Waals surface area (Å²) < 4.78 is 2.99. The second-order valence-corrected chi connectivity index (χ2v) is 8.76. The van der Waals surface area contributed by atoms with Gasteiger partial charge in [0.15, 0.2) is 11.2 Å². The summed E-state index contributed by atoms with van der Waals surface area (Å²) >= 11 is 0. The Labute approximate surface area is 189 Å². The molecule has 3 aromatic rings. The van der Waals surface area contributed by atoms with Gasteiger partial charge in [0.2, 0.25) is 0 Å². The first-order valence-electron chi connectivity index (χ1n) is 11.3. The van der Waals surface area contributed by atoms with Crippen LogP contribution in [-0.4, -0.2) is 35.9 Å². The summed E-state index contributed by atoms with van der Waals surface area (Å²) in [6.07, 6.45) is 3.82. The number of nitrogens with one attached hydrogen (secondary N) is 2. The van der Waals surface area contributed by atoms with Gasteiger partial charge in [-0.3, -0.25) is 24.0 Å². The standard InChI is InChI=1S/C23H26N6O4/c1-3-4-12-28-18-17(19(30)25-21(28)32)27(2)16(24-18)13-29-20(31)23(26-22(29)33)11-7-9-14-8-5-6-10-15(14)23/h5-6,8,10H,3-4,7,9,11-13H2,1-2H3,(H,26,33)(H,25,30,32)/t23-/m0/s1. The molecule has 0 unspecified atom stereocenters. The lowest BCUT2D eigenvalue weighted by molar-refractivity contribution is -0.132. The molecule has 0 saturated carbocycles. The lowest BCUT2D eigenvalue weighted by atomic mass is 9.76. The molecule has 2 N–H and O–H groups in total. The molecule has 1 saturated heterocycles. The number of H-pyrrole nitrogens is 1. The number of nitrogens with zero attached hydrogens (tertiary/aromatic N) is 4. The maximum absolute atomic E-state index is 13.6. The monoisotopic (exact) mass is 450 g/mol. The number of hydrogen-bond acceptors (Lipinski definition) is 5. The van der Waals surface area contributed by atoms with E-state index in [9.17, 15) is 19.2 Å². The van der Waals surface area contributed by atoms with Crippen molar-refractivity contribution in [3.8, 4) is 0 Å². The summed E-state index contributed by atoms with van der Waals surface area (Å²) in [5.41, 5.74) is 0.277. The van der Waals surface area contributed by atoms with Crippen LogP contribution >= 0.6 is 0 Å². The van der Waals surface area contributed by atoms with Crippen LogP contribution in [0.5, 0.6) is 0 Å². The zero-order chi connectivity index (χ0) is 23.3. The van der Waals surface area contributed by atoms with Gasteiger partial charge in [0.05, 0.1) is 6.54 Å². The van der Waals surface area contributed by atoms with Crippen LogP contribution in [-0.2, 0) is 36.9 Å². The van der Waals surface area contributed by atoms with Crippen molar-refractivity contribution < 1.29 is 9.59 Å². The fraction of sp³-hybridized carbons (Fsp3) is 0.435. The topological polar surface area (TPSA) is 122 Å². The molecule has 1 fully saturated rings. The van der Waals surface area contributed by atoms with Crippen molar-refractivity contribution >= 4 is 23.1 Å². The van der Waals surface area contributed by atoms with Crippen LogP contribution < -0.4 is 16.6 Å². The number of amides is 3. The van der Waals surface area contributed by atoms with Gasteiger partial charge in [-0.25, -0.2) is 14.6 Å². The van der Waals surface area contributed by atoms with E-state index in [-0.39, 0.29) is 23.6 Å². The maximum atomic E-state index is 13.6. The molecule has 172 valence electrons. The smallest absolute Gasteiger partial charge is 0.324 e. The predicted octanol–water partition coefficient (Wildman–Crippen LogP) is 1.51. The highest BCUT2D eigenvalue weighted by Gasteiger charge is 2.54. The number of rotatable bonds is 5. The Morgan fingerprint density at radius 3 is 2.73 bits per heavy atom. The van der Waals surface area contributed by atoms with Crippen molar-refractivity contribution in [3.05, 3.63) is 62.1 Å². The minimum atomic E-state index is -1.07. The van der Waals surface area contributed by atoms with Gasteiger partial charge in [-0.15, -0.1) is 0 Å². The number of carbonyl (C=O) groups is 2. The maximum Gasteiger partial charge on any atom is 0.330 e. The van der Waals surface area contributed by atoms with Crippen LogP contribution in [0.2, 0.25) is 0 Å². The zero-order valence-electron chi connectivity index (χ0n) is 18.7. The minimum absolute atomic E-state index is 0.0961. The van der Waals surface area contributed by atoms with E-state index in [1.54, 1.807) is 11.6 Å². The van der Waals surface area contributed by atoms with Gasteiger partial charge >= 0.3 is 11.7 Å². The Morgan fingerprint density at radius 2 is 1.94 bits per heavy atom. The number of imide groups is 1. The Balaban J connectivity index is 1.55. The Bertz CT molecular complexity index is 1400. The zero-order valence-corrected chi connectivity index (χ0v) is 18.7. The van der Waals surface area contributed by atoms with E-state index >= 15 is 0 Å². The number of benzene rings is 1. The molecule has 1 spiro atoms. The van der Waals surface area contributed by atoms with E-state index < -0.39 is 22.8 Å². The Kier molecular flexibility index (Phi) is 4.95. The number of unbranched alkanes of at least 4 members (excludes halogenated alkanes) is 1. The van der Waals surface area contributed by atoms with E-state index in [1.807, 2.05) is 31.2 Å². The minimum Gasteiger partial charge on any atom is -0.324 e. The number of aromatic amines is 1. The number of fused-ring (bicyclic) bond motifs is 3. The first-order chi connectivity index (χ1) is 15.9. The summed E-state index contributed by atoms with van der Waals surface area (Å²) in [6.45, 7) is 2.33. The number of hydrogen-bond donors (Lipinski definition) is 2. The van der Waals surface area contributed by atoms with Crippen LogP contribution in [0.4, 0.5) is 4.79 Å². The van der Waals surface area contributed by atoms with Crippen molar-refractivity contribution in [2.45, 2.75) is 57.7 Å². The van der Waals surface area contributed by atoms with Crippen molar-refractivity contribution in [1.82, 2.24) is 29.3 Å². The highest BCUT2D eigenvalue weighted by Crippen LogP contribution is 2.40. The summed E-state index contributed by atoms with van der Waals surface area (Å²) in [5.74, 6) is 0.0417. The summed E-state index contributed by atoms with van der Waals surface area (Å²) in [5, 5.41) is 2.94. The van der Waals surface area contributed by atoms with E-state index in [4.69, 9.17) is 0 Å². The number of urea groups is 1. The van der Waals surface area contributed by atoms with Gasteiger partial charge in [-0.1, -0.05) is 37.6 Å². The molecule has 1 aromatic carbocycles. The average molecular weight is 450 g/mol. The first-order valence-corrected chi connectivity index (χ1v) is 11.3. The van der Waals surface area contributed by atoms with Crippen molar-refractivity contribution in [2.75, 3.05) is 0 Å². The number of carbonyl (C=O) groups excluding carboxylic acids is 2. The summed E-state index contributed by atoms with van der Waals surface area (Å²) in [7, 11) is 1.65. The van der Waals surface area contributed by atoms with E-state index in [0.717, 1.165) is 41.7 Å². The third-order valence-electron chi connectivity index (χ3n) is 6.79. The third-order valence-corrected chi connectivity index (χ3v) is 6.79. The van der Waals surface area contributed by atoms with E-state index in [2.05, 4.69) is 15.3 Å². The molecule has 10 nitrogen and oxygen atoms in total. The third kappa shape index (κ3) is 3.12. The molecule has 1 atom stereocenters. The van der Waals surface area contributed by atoms with Crippen LogP contribution in [0.3, 0.4) is 0 Å². The highest BCUT2D eigenvalue weighted by molar-refractivity contribution is 6.07. The van der Waals surface area contributed by atoms with Gasteiger partial charge in [0, 0.05) is 13.6 Å². The van der Waals surface area contributed by atoms with Crippen molar-refractivity contribution in [2.24, 2.45) is 7.05 Å². The molecule has 2 aliphatic rings. The lowest BCUT2D eigenvalue weighted by Gasteiger charge is -2.33. The second-order valence-electron chi connectivity index (χ2n) is 8.76. The summed E-state index contributed by atoms with van der Waals surface area (Å²) in [6, 6.07) is 7.22. The molecule has 3 amide bonds. The molecule has 1 aliphatic carbocycles. The average Bonchev–Trinajstić information content (AvgIpc) is 3.24. The van der Waals surface area contributed by atoms with Gasteiger partial charge < -0.3 is 9.88 Å². The quantitative estimate of drug-likeness (QED) is 0.571. The summed E-state index contributed by atoms with van der Waals surface area (Å²) in [4.78, 5) is 59.5. The largest absolute Gasteiger partial charge is 0.330 e. The molecular formula is C23H26N6O4. The Hall–Kier alpha value is -3.69. The van der Waals surface area contributed by atoms with Crippen molar-refractivity contribution in [1.29, 1.82) is 0 Å². The molecule has 10 heteroatoms. The van der Waals surface area contributed by atoms with Crippen molar-refractivity contribution in [3.63, 3.8) is 0 Å². The molecule has 2 aromatic heterocycles. The molecule has 3 heterocycles. The molecule has 1 aliphatic heterocycles. The molecule has 0 bridgehead atoms. The second kappa shape index (κ2) is 7.72. The van der Waals surface area contributed by atoms with Gasteiger partial charge in [-0.2, -0.15) is 0 Å². The SMILES string of the molecule is CCCCn1c(=O)[nH]c(=O)c2c1nc(CN1C(=O)N[C@]3(CCCc4ccccc43)C1=O)n2C. The fourth-order valence-corrected chi connectivity index (χ4v) is 5.05. The molecule has 5 rings (SSSR count). The van der Waals surface area contributed by atoms with Crippen LogP contribution in [0, 0.1) is 0 Å². The number of aromatic nitrogens is 4. The van der Waals surface area contributed by atoms with Gasteiger partial charge in [-0.05, 0) is 36.8 Å². The number of imidazole rings is 1. The van der Waals surface area contributed by atoms with Crippen LogP contribution in [0.15, 0.2) is 33.9 Å². The molecule has 0 radical (unpaired) electrons. The predicted molar refractivity (Wildman–Crippen MR) is 121 cm³/mol. The van der Waals surface area contributed by atoms with Gasteiger partial charge in [0.25, 0.3) is 11.5 Å². The first kappa shape index (κ1) is 21.2. The van der Waals surface area contributed by atoms with E-state index in [0.29, 0.717) is 18.8 Å². The van der Waals surface area contributed by atoms with Crippen LogP contribution in [0.25, 0.3) is 11.2 Å². The fourth-order valence-electron chi connectivity index (χ4n) is 5.05. The Morgan fingerprint density at radius 1 is 1.15 bits per heavy atom.